The summed E-state index contributed by atoms with van der Waals surface area (Å²) in [5, 5.41) is 7.73. The first-order chi connectivity index (χ1) is 5.91. The molecule has 0 aromatic rings. The zero-order chi connectivity index (χ0) is 10.1. The zero-order valence-corrected chi connectivity index (χ0v) is 7.11. The van der Waals surface area contributed by atoms with Gasteiger partial charge in [0.05, 0.1) is 5.57 Å². The lowest BCUT2D eigenvalue weighted by atomic mass is 10.2. The molecule has 1 rings (SSSR count). The fourth-order valence-corrected chi connectivity index (χ4v) is 1.23. The predicted octanol–water partition coefficient (Wildman–Crippen LogP) is -0.243. The summed E-state index contributed by atoms with van der Waals surface area (Å²) in [5.74, 6) is -1.27. The molecule has 0 aromatic carbocycles. The SMILES string of the molecule is O=C(O)C1=CCOC(S(=O)(=O)O)=C1. The van der Waals surface area contributed by atoms with Crippen molar-refractivity contribution in [3.63, 3.8) is 0 Å². The van der Waals surface area contributed by atoms with E-state index in [0.717, 1.165) is 6.08 Å². The topological polar surface area (TPSA) is 101 Å². The Morgan fingerprint density at radius 1 is 1.54 bits per heavy atom. The molecular weight excluding hydrogens is 200 g/mol. The van der Waals surface area contributed by atoms with Gasteiger partial charge in [-0.3, -0.25) is 4.55 Å². The van der Waals surface area contributed by atoms with Crippen LogP contribution in [0.4, 0.5) is 0 Å². The highest BCUT2D eigenvalue weighted by Crippen LogP contribution is 2.15. The van der Waals surface area contributed by atoms with Gasteiger partial charge in [0.2, 0.25) is 5.09 Å². The first-order valence-corrected chi connectivity index (χ1v) is 4.60. The Labute approximate surface area is 73.9 Å². The third-order valence-corrected chi connectivity index (χ3v) is 2.05. The molecule has 0 aliphatic carbocycles. The largest absolute Gasteiger partial charge is 0.478 e. The molecule has 13 heavy (non-hydrogen) atoms. The van der Waals surface area contributed by atoms with Crippen LogP contribution in [0.25, 0.3) is 0 Å². The summed E-state index contributed by atoms with van der Waals surface area (Å²) in [5.41, 5.74) is -0.223. The third-order valence-electron chi connectivity index (χ3n) is 1.30. The molecule has 0 unspecified atom stereocenters. The van der Waals surface area contributed by atoms with Crippen LogP contribution in [0.15, 0.2) is 22.8 Å². The number of carbonyl (C=O) groups is 1. The van der Waals surface area contributed by atoms with E-state index in [4.69, 9.17) is 9.66 Å². The van der Waals surface area contributed by atoms with Gasteiger partial charge in [-0.25, -0.2) is 4.79 Å². The van der Waals surface area contributed by atoms with Gasteiger partial charge in [-0.05, 0) is 6.08 Å². The Morgan fingerprint density at radius 2 is 2.15 bits per heavy atom. The molecule has 0 aromatic heterocycles. The van der Waals surface area contributed by atoms with Crippen molar-refractivity contribution in [2.24, 2.45) is 0 Å². The molecule has 0 saturated heterocycles. The molecule has 0 radical (unpaired) electrons. The van der Waals surface area contributed by atoms with Crippen LogP contribution >= 0.6 is 0 Å². The van der Waals surface area contributed by atoms with Crippen LogP contribution in [-0.2, 0) is 19.6 Å². The molecule has 1 aliphatic heterocycles. The maximum atomic E-state index is 10.5. The fraction of sp³-hybridized carbons (Fsp3) is 0.167. The fourth-order valence-electron chi connectivity index (χ4n) is 0.739. The molecule has 0 fully saturated rings. The van der Waals surface area contributed by atoms with Crippen molar-refractivity contribution in [2.45, 2.75) is 0 Å². The Kier molecular flexibility index (Phi) is 2.39. The van der Waals surface area contributed by atoms with Gasteiger partial charge >= 0.3 is 16.1 Å². The van der Waals surface area contributed by atoms with E-state index < -0.39 is 21.2 Å². The van der Waals surface area contributed by atoms with E-state index in [1.165, 1.54) is 6.08 Å². The van der Waals surface area contributed by atoms with Gasteiger partial charge in [0.1, 0.15) is 6.61 Å². The quantitative estimate of drug-likeness (QED) is 0.604. The lowest BCUT2D eigenvalue weighted by Crippen LogP contribution is -2.13. The van der Waals surface area contributed by atoms with E-state index in [-0.39, 0.29) is 12.2 Å². The lowest BCUT2D eigenvalue weighted by molar-refractivity contribution is -0.132. The highest BCUT2D eigenvalue weighted by atomic mass is 32.2. The molecule has 0 spiro atoms. The maximum Gasteiger partial charge on any atom is 0.335 e. The van der Waals surface area contributed by atoms with Crippen LogP contribution in [0.1, 0.15) is 0 Å². The second-order valence-corrected chi connectivity index (χ2v) is 3.57. The molecule has 2 N–H and O–H groups in total. The average Bonchev–Trinajstić information content (AvgIpc) is 2.03. The van der Waals surface area contributed by atoms with Crippen molar-refractivity contribution < 1.29 is 27.6 Å². The summed E-state index contributed by atoms with van der Waals surface area (Å²) in [7, 11) is -4.46. The Hall–Kier alpha value is -1.34. The first kappa shape index (κ1) is 9.75. The molecule has 0 bridgehead atoms. The first-order valence-electron chi connectivity index (χ1n) is 3.16. The van der Waals surface area contributed by atoms with Crippen molar-refractivity contribution in [3.8, 4) is 0 Å². The van der Waals surface area contributed by atoms with Crippen LogP contribution in [0.2, 0.25) is 0 Å². The van der Waals surface area contributed by atoms with E-state index >= 15 is 0 Å². The molecular formula is C6H6O6S. The summed E-state index contributed by atoms with van der Waals surface area (Å²) >= 11 is 0. The highest BCUT2D eigenvalue weighted by molar-refractivity contribution is 7.89. The van der Waals surface area contributed by atoms with Gasteiger partial charge < -0.3 is 9.84 Å². The van der Waals surface area contributed by atoms with Gasteiger partial charge in [-0.2, -0.15) is 8.42 Å². The smallest absolute Gasteiger partial charge is 0.335 e. The third kappa shape index (κ3) is 2.30. The van der Waals surface area contributed by atoms with Crippen LogP contribution in [0.3, 0.4) is 0 Å². The normalized spacial score (nSPS) is 17.0. The molecule has 6 nitrogen and oxygen atoms in total. The van der Waals surface area contributed by atoms with Crippen molar-refractivity contribution in [2.75, 3.05) is 6.61 Å². The Bertz CT molecular complexity index is 387. The van der Waals surface area contributed by atoms with E-state index in [2.05, 4.69) is 4.74 Å². The van der Waals surface area contributed by atoms with E-state index in [0.29, 0.717) is 0 Å². The van der Waals surface area contributed by atoms with Crippen LogP contribution in [-0.4, -0.2) is 30.7 Å². The molecule has 0 amide bonds. The lowest BCUT2D eigenvalue weighted by Gasteiger charge is -2.10. The minimum absolute atomic E-state index is 0.187. The van der Waals surface area contributed by atoms with E-state index in [1.54, 1.807) is 0 Å². The molecule has 1 heterocycles. The van der Waals surface area contributed by atoms with Crippen LogP contribution in [0, 0.1) is 0 Å². The van der Waals surface area contributed by atoms with Gasteiger partial charge in [-0.15, -0.1) is 0 Å². The summed E-state index contributed by atoms with van der Waals surface area (Å²) in [6.45, 7) is -0.187. The predicted molar refractivity (Wildman–Crippen MR) is 41.3 cm³/mol. The number of hydrogen-bond acceptors (Lipinski definition) is 4. The van der Waals surface area contributed by atoms with Crippen LogP contribution < -0.4 is 0 Å². The van der Waals surface area contributed by atoms with Crippen molar-refractivity contribution in [3.05, 3.63) is 22.8 Å². The molecule has 1 aliphatic rings. The number of carboxylic acid groups (broad SMARTS) is 1. The van der Waals surface area contributed by atoms with Crippen molar-refractivity contribution in [1.82, 2.24) is 0 Å². The minimum Gasteiger partial charge on any atom is -0.478 e. The molecule has 72 valence electrons. The summed E-state index contributed by atoms with van der Waals surface area (Å²) in [4.78, 5) is 10.4. The monoisotopic (exact) mass is 206 g/mol. The zero-order valence-electron chi connectivity index (χ0n) is 6.30. The van der Waals surface area contributed by atoms with Gasteiger partial charge in [0.25, 0.3) is 0 Å². The van der Waals surface area contributed by atoms with Gasteiger partial charge in [0.15, 0.2) is 0 Å². The number of rotatable bonds is 2. The Morgan fingerprint density at radius 3 is 2.62 bits per heavy atom. The summed E-state index contributed by atoms with van der Waals surface area (Å²) in [6, 6.07) is 0. The minimum atomic E-state index is -4.46. The summed E-state index contributed by atoms with van der Waals surface area (Å²) < 4.78 is 34.0. The highest BCUT2D eigenvalue weighted by Gasteiger charge is 2.21. The number of hydrogen-bond donors (Lipinski definition) is 2. The number of aliphatic carboxylic acids is 1. The molecule has 0 atom stereocenters. The molecule has 0 saturated carbocycles. The summed E-state index contributed by atoms with van der Waals surface area (Å²) in [6.07, 6.45) is 1.94. The Balaban J connectivity index is 3.05. The number of carboxylic acids is 1. The standard InChI is InChI=1S/C6H6O6S/c7-6(8)4-1-2-12-5(3-4)13(9,10)11/h1,3H,2H2,(H,7,8)(H,9,10,11). The van der Waals surface area contributed by atoms with Crippen molar-refractivity contribution in [1.29, 1.82) is 0 Å². The maximum absolute atomic E-state index is 10.5. The van der Waals surface area contributed by atoms with Crippen molar-refractivity contribution >= 4 is 16.1 Å². The second-order valence-electron chi connectivity index (χ2n) is 2.21. The van der Waals surface area contributed by atoms with Crippen LogP contribution in [0.5, 0.6) is 0 Å². The second kappa shape index (κ2) is 3.19. The van der Waals surface area contributed by atoms with Gasteiger partial charge in [-0.1, -0.05) is 0 Å². The molecule has 7 heteroatoms. The van der Waals surface area contributed by atoms with E-state index in [1.807, 2.05) is 0 Å². The average molecular weight is 206 g/mol. The van der Waals surface area contributed by atoms with Gasteiger partial charge in [0, 0.05) is 6.08 Å². The number of ether oxygens (including phenoxy) is 1. The van der Waals surface area contributed by atoms with E-state index in [9.17, 15) is 13.2 Å².